The van der Waals surface area contributed by atoms with Gasteiger partial charge in [-0.15, -0.1) is 0 Å². The molecule has 0 bridgehead atoms. The number of cyclic esters (lactones) is 1. The average Bonchev–Trinajstić information content (AvgIpc) is 3.02. The van der Waals surface area contributed by atoms with Gasteiger partial charge in [-0.3, -0.25) is 4.18 Å². The number of hydrogen-bond donors (Lipinski definition) is 0. The Balaban J connectivity index is 1.67. The van der Waals surface area contributed by atoms with Crippen molar-refractivity contribution in [1.82, 2.24) is 0 Å². The molecule has 2 heterocycles. The fourth-order valence-corrected chi connectivity index (χ4v) is 3.27. The molecule has 0 aliphatic carbocycles. The average molecular weight is 310 g/mol. The summed E-state index contributed by atoms with van der Waals surface area (Å²) in [6, 6.07) is 5.73. The molecule has 0 unspecified atom stereocenters. The smallest absolute Gasteiger partial charge is 0.333 e. The van der Waals surface area contributed by atoms with Gasteiger partial charge >= 0.3 is 5.97 Å². The quantitative estimate of drug-likeness (QED) is 0.612. The van der Waals surface area contributed by atoms with Crippen LogP contribution in [0.2, 0.25) is 0 Å². The van der Waals surface area contributed by atoms with E-state index in [4.69, 9.17) is 8.92 Å². The van der Waals surface area contributed by atoms with Gasteiger partial charge in [0.2, 0.25) is 0 Å². The number of azo groups is 1. The first kappa shape index (κ1) is 14.2. The summed E-state index contributed by atoms with van der Waals surface area (Å²) in [6.45, 7) is 2.01. The number of aryl methyl sites for hydroxylation is 1. The van der Waals surface area contributed by atoms with Crippen LogP contribution in [0.15, 0.2) is 39.4 Å². The van der Waals surface area contributed by atoms with Crippen LogP contribution >= 0.6 is 0 Å². The van der Waals surface area contributed by atoms with E-state index in [0.29, 0.717) is 6.54 Å². The molecule has 2 aliphatic heterocycles. The minimum absolute atomic E-state index is 0.0785. The Bertz CT molecular complexity index is 683. The standard InChI is InChI=1S/C13H14N2O5S/c1-8-2-4-9(5-3-8)21(17,18)19-7-11-10-6-14-15-12(10)13(16)20-11/h2-5,10-12H,6-7H2,1H3/t10-,11-,12-/m1/s1. The Kier molecular flexibility index (Phi) is 3.50. The summed E-state index contributed by atoms with van der Waals surface area (Å²) in [7, 11) is -3.86. The molecular weight excluding hydrogens is 296 g/mol. The summed E-state index contributed by atoms with van der Waals surface area (Å²) in [5.74, 6) is -0.701. The Morgan fingerprint density at radius 1 is 1.33 bits per heavy atom. The van der Waals surface area contributed by atoms with Gasteiger partial charge in [-0.25, -0.2) is 4.79 Å². The highest BCUT2D eigenvalue weighted by atomic mass is 32.2. The van der Waals surface area contributed by atoms with E-state index in [0.717, 1.165) is 5.56 Å². The van der Waals surface area contributed by atoms with E-state index in [2.05, 4.69) is 10.2 Å². The second-order valence-corrected chi connectivity index (χ2v) is 6.69. The summed E-state index contributed by atoms with van der Waals surface area (Å²) in [5.41, 5.74) is 0.954. The second-order valence-electron chi connectivity index (χ2n) is 5.08. The largest absolute Gasteiger partial charge is 0.458 e. The Morgan fingerprint density at radius 2 is 2.05 bits per heavy atom. The van der Waals surface area contributed by atoms with Crippen LogP contribution in [-0.2, 0) is 23.8 Å². The highest BCUT2D eigenvalue weighted by Crippen LogP contribution is 2.31. The van der Waals surface area contributed by atoms with E-state index in [9.17, 15) is 13.2 Å². The third-order valence-electron chi connectivity index (χ3n) is 3.59. The van der Waals surface area contributed by atoms with E-state index < -0.39 is 28.2 Å². The summed E-state index contributed by atoms with van der Waals surface area (Å²) < 4.78 is 34.2. The molecule has 2 aliphatic rings. The molecule has 1 fully saturated rings. The summed E-state index contributed by atoms with van der Waals surface area (Å²) >= 11 is 0. The Hall–Kier alpha value is -1.80. The van der Waals surface area contributed by atoms with Crippen LogP contribution < -0.4 is 0 Å². The fraction of sp³-hybridized carbons (Fsp3) is 0.462. The first-order valence-electron chi connectivity index (χ1n) is 6.50. The molecule has 0 spiro atoms. The molecule has 0 aromatic heterocycles. The van der Waals surface area contributed by atoms with Gasteiger partial charge in [-0.05, 0) is 19.1 Å². The van der Waals surface area contributed by atoms with Gasteiger partial charge in [-0.1, -0.05) is 17.7 Å². The van der Waals surface area contributed by atoms with Crippen molar-refractivity contribution in [1.29, 1.82) is 0 Å². The van der Waals surface area contributed by atoms with Gasteiger partial charge in [0.1, 0.15) is 12.7 Å². The molecule has 1 saturated heterocycles. The number of esters is 1. The molecule has 0 radical (unpaired) electrons. The minimum Gasteiger partial charge on any atom is -0.458 e. The topological polar surface area (TPSA) is 94.4 Å². The predicted octanol–water partition coefficient (Wildman–Crippen LogP) is 1.08. The second kappa shape index (κ2) is 5.19. The Labute approximate surface area is 122 Å². The number of benzene rings is 1. The zero-order valence-electron chi connectivity index (χ0n) is 11.3. The lowest BCUT2D eigenvalue weighted by atomic mass is 9.99. The normalized spacial score (nSPS) is 27.7. The molecule has 21 heavy (non-hydrogen) atoms. The van der Waals surface area contributed by atoms with E-state index in [1.807, 2.05) is 6.92 Å². The number of carbonyl (C=O) groups is 1. The van der Waals surface area contributed by atoms with Crippen LogP contribution in [0, 0.1) is 12.8 Å². The van der Waals surface area contributed by atoms with Crippen LogP contribution in [0.5, 0.6) is 0 Å². The molecule has 1 aromatic rings. The molecular formula is C13H14N2O5S. The van der Waals surface area contributed by atoms with Gasteiger partial charge < -0.3 is 4.74 Å². The van der Waals surface area contributed by atoms with Crippen molar-refractivity contribution in [2.24, 2.45) is 16.1 Å². The van der Waals surface area contributed by atoms with Gasteiger partial charge in [0, 0.05) is 0 Å². The molecule has 7 nitrogen and oxygen atoms in total. The van der Waals surface area contributed by atoms with E-state index in [-0.39, 0.29) is 17.4 Å². The van der Waals surface area contributed by atoms with E-state index in [1.54, 1.807) is 12.1 Å². The maximum absolute atomic E-state index is 12.1. The van der Waals surface area contributed by atoms with Crippen molar-refractivity contribution < 1.29 is 22.1 Å². The maximum Gasteiger partial charge on any atom is 0.333 e. The number of nitrogens with zero attached hydrogens (tertiary/aromatic N) is 2. The van der Waals surface area contributed by atoms with Crippen LogP contribution in [0.3, 0.4) is 0 Å². The van der Waals surface area contributed by atoms with Crippen LogP contribution in [-0.4, -0.2) is 39.7 Å². The zero-order valence-corrected chi connectivity index (χ0v) is 12.1. The van der Waals surface area contributed by atoms with E-state index in [1.165, 1.54) is 12.1 Å². The number of ether oxygens (including phenoxy) is 1. The first-order chi connectivity index (χ1) is 9.97. The predicted molar refractivity (Wildman–Crippen MR) is 71.2 cm³/mol. The van der Waals surface area contributed by atoms with Gasteiger partial charge in [-0.2, -0.15) is 18.6 Å². The third-order valence-corrected chi connectivity index (χ3v) is 4.88. The van der Waals surface area contributed by atoms with Crippen molar-refractivity contribution in [3.8, 4) is 0 Å². The third kappa shape index (κ3) is 2.68. The van der Waals surface area contributed by atoms with Crippen molar-refractivity contribution in [3.63, 3.8) is 0 Å². The zero-order chi connectivity index (χ0) is 15.0. The summed E-state index contributed by atoms with van der Waals surface area (Å²) in [5, 5.41) is 7.59. The lowest BCUT2D eigenvalue weighted by molar-refractivity contribution is -0.143. The van der Waals surface area contributed by atoms with Crippen molar-refractivity contribution in [3.05, 3.63) is 29.8 Å². The van der Waals surface area contributed by atoms with Gasteiger partial charge in [0.05, 0.1) is 17.4 Å². The van der Waals surface area contributed by atoms with E-state index >= 15 is 0 Å². The number of hydrogen-bond acceptors (Lipinski definition) is 7. The summed E-state index contributed by atoms with van der Waals surface area (Å²) in [6.07, 6.45) is -0.627. The van der Waals surface area contributed by atoms with Gasteiger partial charge in [0.15, 0.2) is 6.04 Å². The molecule has 0 saturated carbocycles. The van der Waals surface area contributed by atoms with Crippen LogP contribution in [0.25, 0.3) is 0 Å². The SMILES string of the molecule is Cc1ccc(S(=O)(=O)OC[C@H]2OC(=O)[C@@H]3N=NC[C@H]23)cc1. The highest BCUT2D eigenvalue weighted by Gasteiger charge is 2.48. The monoisotopic (exact) mass is 310 g/mol. The maximum atomic E-state index is 12.1. The molecule has 3 rings (SSSR count). The minimum atomic E-state index is -3.86. The lowest BCUT2D eigenvalue weighted by Gasteiger charge is -2.14. The van der Waals surface area contributed by atoms with Crippen LogP contribution in [0.4, 0.5) is 0 Å². The molecule has 8 heteroatoms. The van der Waals surface area contributed by atoms with Crippen molar-refractivity contribution in [2.45, 2.75) is 24.0 Å². The number of carbonyl (C=O) groups excluding carboxylic acids is 1. The lowest BCUT2D eigenvalue weighted by Crippen LogP contribution is -2.28. The Morgan fingerprint density at radius 3 is 2.76 bits per heavy atom. The molecule has 0 N–H and O–H groups in total. The molecule has 1 aromatic carbocycles. The molecule has 112 valence electrons. The number of fused-ring (bicyclic) bond motifs is 1. The molecule has 0 amide bonds. The summed E-state index contributed by atoms with van der Waals surface area (Å²) in [4.78, 5) is 11.6. The highest BCUT2D eigenvalue weighted by molar-refractivity contribution is 7.86. The first-order valence-corrected chi connectivity index (χ1v) is 7.91. The number of rotatable bonds is 4. The van der Waals surface area contributed by atoms with Gasteiger partial charge in [0.25, 0.3) is 10.1 Å². The van der Waals surface area contributed by atoms with Crippen molar-refractivity contribution >= 4 is 16.1 Å². The fourth-order valence-electron chi connectivity index (χ4n) is 2.35. The molecule has 3 atom stereocenters. The van der Waals surface area contributed by atoms with Crippen molar-refractivity contribution in [2.75, 3.05) is 13.2 Å². The van der Waals surface area contributed by atoms with Crippen LogP contribution in [0.1, 0.15) is 5.56 Å².